The highest BCUT2D eigenvalue weighted by Crippen LogP contribution is 2.53. The number of nitrogens with zero attached hydrogens (tertiary/aromatic N) is 2. The van der Waals surface area contributed by atoms with Crippen molar-refractivity contribution in [1.29, 1.82) is 0 Å². The molecular weight excluding hydrogens is 1130 g/mol. The molecule has 27 heteroatoms. The molecule has 27 nitrogen and oxygen atoms in total. The van der Waals surface area contributed by atoms with E-state index in [-0.39, 0.29) is 104 Å². The summed E-state index contributed by atoms with van der Waals surface area (Å²) in [5.74, 6) is -8.46. The summed E-state index contributed by atoms with van der Waals surface area (Å²) in [7, 11) is 2.83. The molecule has 0 spiro atoms. The van der Waals surface area contributed by atoms with Crippen LogP contribution in [-0.2, 0) is 77.8 Å². The summed E-state index contributed by atoms with van der Waals surface area (Å²) in [6.07, 6.45) is -5.31. The largest absolute Gasteiger partial charge is 0.507 e. The number of primary amides is 1. The van der Waals surface area contributed by atoms with Crippen molar-refractivity contribution in [2.45, 2.75) is 133 Å². The standard InChI is InChI=1S/C59H81N5O22/c1-32(62-54(72)35(28-43(60)67)27-36(65)12-18-79-21-23-81-25-26-82-24-22-80-19-16-63-14-10-34(11-15-63)56(73)74)40(66)8-6-13-61-58(75)59(76)30-38-46(52(71)48-47(50(38)69)49(68)37-7-5-9-41(77-3)45(37)51(48)70)42(31-59)85-44-29-39-53(33(2)84-44)86-55-57(78-4)83-20-17-64(39)55/h5,7,9,32-35,39,42,44,53,55,57,69,71,76H,6,8,10-31H2,1-4H3,(H2,60,67)(H,61,75)(H,62,72)(H,73,74)/t32-,33-,35-,39-,42-,44-,53+,55+,57-,59-/m0/s1. The predicted molar refractivity (Wildman–Crippen MR) is 298 cm³/mol. The molecule has 4 heterocycles. The van der Waals surface area contributed by atoms with E-state index in [1.54, 1.807) is 6.92 Å². The Kier molecular flexibility index (Phi) is 23.2. The van der Waals surface area contributed by atoms with E-state index in [0.717, 1.165) is 19.6 Å². The van der Waals surface area contributed by atoms with E-state index in [1.807, 2.05) is 0 Å². The fourth-order valence-corrected chi connectivity index (χ4v) is 12.2. The number of aliphatic hydroxyl groups is 1. The summed E-state index contributed by atoms with van der Waals surface area (Å²) in [4.78, 5) is 110. The molecule has 4 fully saturated rings. The van der Waals surface area contributed by atoms with Crippen LogP contribution in [0.15, 0.2) is 18.2 Å². The molecule has 4 saturated heterocycles. The number of likely N-dealkylation sites (tertiary alicyclic amines) is 1. The van der Waals surface area contributed by atoms with Crippen LogP contribution in [0.1, 0.15) is 121 Å². The predicted octanol–water partition coefficient (Wildman–Crippen LogP) is 0.824. The van der Waals surface area contributed by atoms with Crippen LogP contribution in [0.25, 0.3) is 0 Å². The van der Waals surface area contributed by atoms with Gasteiger partial charge in [0.1, 0.15) is 34.7 Å². The number of phenolic OH excluding ortho intramolecular Hbond substituents is 2. The number of fused-ring (bicyclic) bond motifs is 6. The van der Waals surface area contributed by atoms with E-state index in [0.29, 0.717) is 59.0 Å². The van der Waals surface area contributed by atoms with Gasteiger partial charge in [0.25, 0.3) is 5.91 Å². The SMILES string of the molecule is COc1cccc2c1C(=O)c1c(O)c3c(c(O)c1C2=O)C[C@@](O)(C(=O)NCCCC(=O)[C@H](C)NC(=O)[C@H](CC(N)=O)CC(=O)CCOCCOCCOCCOCCN1CCC(C(=O)O)CC1)C[C@@H]3O[C@H]1C[C@H]2[C@H](O[C@@H]3[C@@H](OC)OCCN32)[C@H](C)O1. The first kappa shape index (κ1) is 65.9. The molecule has 6 aliphatic rings. The van der Waals surface area contributed by atoms with Crippen LogP contribution in [0.4, 0.5) is 0 Å². The lowest BCUT2D eigenvalue weighted by Gasteiger charge is -2.43. The van der Waals surface area contributed by atoms with E-state index in [9.17, 15) is 53.7 Å². The zero-order valence-corrected chi connectivity index (χ0v) is 49.1. The Morgan fingerprint density at radius 2 is 1.52 bits per heavy atom. The normalized spacial score (nSPS) is 25.4. The molecule has 0 bridgehead atoms. The van der Waals surface area contributed by atoms with E-state index in [1.165, 1.54) is 39.3 Å². The van der Waals surface area contributed by atoms with Gasteiger partial charge < -0.3 is 89.1 Å². The van der Waals surface area contributed by atoms with Crippen molar-refractivity contribution in [2.75, 3.05) is 106 Å². The number of hydrogen-bond acceptors (Lipinski definition) is 23. The second-order valence-electron chi connectivity index (χ2n) is 22.5. The van der Waals surface area contributed by atoms with Crippen LogP contribution in [0, 0.1) is 11.8 Å². The Morgan fingerprint density at radius 3 is 2.19 bits per heavy atom. The third-order valence-corrected chi connectivity index (χ3v) is 16.8. The van der Waals surface area contributed by atoms with Gasteiger partial charge in [0.15, 0.2) is 30.4 Å². The minimum atomic E-state index is -2.38. The monoisotopic (exact) mass is 1210 g/mol. The fraction of sp³-hybridized carbons (Fsp3) is 0.661. The summed E-state index contributed by atoms with van der Waals surface area (Å²) in [5.41, 5.74) is 1.48. The number of Topliss-reactive ketones (excluding diaryl/α,β-unsaturated/α-hetero) is 2. The fourth-order valence-electron chi connectivity index (χ4n) is 12.2. The summed E-state index contributed by atoms with van der Waals surface area (Å²) >= 11 is 0. The minimum absolute atomic E-state index is 0.0277. The summed E-state index contributed by atoms with van der Waals surface area (Å²) < 4.78 is 58.2. The first-order chi connectivity index (χ1) is 41.2. The van der Waals surface area contributed by atoms with Crippen LogP contribution in [0.2, 0.25) is 0 Å². The van der Waals surface area contributed by atoms with Gasteiger partial charge in [-0.15, -0.1) is 0 Å². The van der Waals surface area contributed by atoms with Gasteiger partial charge in [0.2, 0.25) is 17.6 Å². The number of nitrogens with two attached hydrogens (primary N) is 1. The van der Waals surface area contributed by atoms with Crippen LogP contribution in [0.3, 0.4) is 0 Å². The molecule has 4 aliphatic heterocycles. The second-order valence-corrected chi connectivity index (χ2v) is 22.5. The number of hydrogen-bond donors (Lipinski definition) is 7. The van der Waals surface area contributed by atoms with Gasteiger partial charge in [0.05, 0.1) is 113 Å². The molecule has 2 aliphatic carbocycles. The number of aromatic hydroxyl groups is 2. The van der Waals surface area contributed by atoms with Gasteiger partial charge in [-0.1, -0.05) is 12.1 Å². The average molecular weight is 1210 g/mol. The molecule has 86 heavy (non-hydrogen) atoms. The Labute approximate surface area is 497 Å². The van der Waals surface area contributed by atoms with Crippen molar-refractivity contribution in [3.8, 4) is 17.2 Å². The summed E-state index contributed by atoms with van der Waals surface area (Å²) in [6, 6.07) is 3.02. The van der Waals surface area contributed by atoms with Crippen molar-refractivity contribution in [1.82, 2.24) is 20.4 Å². The maximum atomic E-state index is 14.3. The maximum Gasteiger partial charge on any atom is 0.306 e. The molecule has 0 radical (unpaired) electrons. The molecular formula is C59H81N5O22. The second kappa shape index (κ2) is 30.2. The lowest BCUT2D eigenvalue weighted by Crippen LogP contribution is -2.55. The van der Waals surface area contributed by atoms with E-state index in [4.69, 9.17) is 58.2 Å². The van der Waals surface area contributed by atoms with Crippen molar-refractivity contribution in [3.63, 3.8) is 0 Å². The first-order valence-electron chi connectivity index (χ1n) is 29.4. The smallest absolute Gasteiger partial charge is 0.306 e. The highest BCUT2D eigenvalue weighted by Gasteiger charge is 2.55. The number of amides is 3. The summed E-state index contributed by atoms with van der Waals surface area (Å²) in [6.45, 7) is 8.62. The zero-order valence-electron chi connectivity index (χ0n) is 49.1. The third kappa shape index (κ3) is 15.6. The lowest BCUT2D eigenvalue weighted by atomic mass is 9.72. The molecule has 0 saturated carbocycles. The van der Waals surface area contributed by atoms with Crippen molar-refractivity contribution < 1.29 is 106 Å². The van der Waals surface area contributed by atoms with Gasteiger partial charge in [-0.3, -0.25) is 43.3 Å². The Hall–Kier alpha value is -6.08. The highest BCUT2D eigenvalue weighted by molar-refractivity contribution is 6.31. The number of benzene rings is 2. The van der Waals surface area contributed by atoms with E-state index in [2.05, 4.69) is 20.4 Å². The number of aliphatic carboxylic acids is 1. The Bertz CT molecular complexity index is 2790. The number of carbonyl (C=O) groups excluding carboxylic acids is 7. The first-order valence-corrected chi connectivity index (χ1v) is 29.4. The molecule has 474 valence electrons. The number of ketones is 4. The minimum Gasteiger partial charge on any atom is -0.507 e. The molecule has 2 aromatic rings. The van der Waals surface area contributed by atoms with Gasteiger partial charge in [-0.2, -0.15) is 0 Å². The van der Waals surface area contributed by atoms with Crippen molar-refractivity contribution >= 4 is 46.8 Å². The number of morpholine rings is 1. The maximum absolute atomic E-state index is 14.3. The number of carboxylic acid groups (broad SMARTS) is 1. The molecule has 2 aromatic carbocycles. The van der Waals surface area contributed by atoms with Gasteiger partial charge in [0, 0.05) is 94.4 Å². The number of rotatable bonds is 32. The summed E-state index contributed by atoms with van der Waals surface area (Å²) in [5, 5.41) is 50.9. The Balaban J connectivity index is 0.795. The van der Waals surface area contributed by atoms with Crippen molar-refractivity contribution in [2.24, 2.45) is 17.6 Å². The number of carboxylic acids is 1. The molecule has 3 amide bonds. The number of methoxy groups -OCH3 is 2. The molecule has 8 rings (SSSR count). The molecule has 0 unspecified atom stereocenters. The zero-order chi connectivity index (χ0) is 61.8. The Morgan fingerprint density at radius 1 is 0.849 bits per heavy atom. The average Bonchev–Trinajstić information content (AvgIpc) is 2.10. The molecule has 10 atom stereocenters. The topological polar surface area (TPSA) is 366 Å². The van der Waals surface area contributed by atoms with E-state index >= 15 is 0 Å². The van der Waals surface area contributed by atoms with Crippen LogP contribution in [0.5, 0.6) is 17.2 Å². The van der Waals surface area contributed by atoms with Crippen molar-refractivity contribution in [3.05, 3.63) is 51.6 Å². The lowest BCUT2D eigenvalue weighted by molar-refractivity contribution is -0.256. The molecule has 0 aromatic heterocycles. The van der Waals surface area contributed by atoms with Crippen LogP contribution >= 0.6 is 0 Å². The number of ether oxygens (including phenoxy) is 10. The van der Waals surface area contributed by atoms with Gasteiger partial charge in [-0.25, -0.2) is 0 Å². The van der Waals surface area contributed by atoms with Gasteiger partial charge >= 0.3 is 5.97 Å². The number of carbonyl (C=O) groups is 8. The number of phenols is 2. The highest BCUT2D eigenvalue weighted by atomic mass is 16.7. The van der Waals surface area contributed by atoms with Crippen LogP contribution in [-0.4, -0.2) is 232 Å². The third-order valence-electron chi connectivity index (χ3n) is 16.8. The number of nitrogens with one attached hydrogen (secondary N) is 2. The van der Waals surface area contributed by atoms with E-state index < -0.39 is 138 Å². The van der Waals surface area contributed by atoms with Crippen LogP contribution < -0.4 is 21.1 Å². The molecule has 8 N–H and O–H groups in total. The number of piperidine rings is 1. The van der Waals surface area contributed by atoms with Gasteiger partial charge in [-0.05, 0) is 52.3 Å². The quantitative estimate of drug-likeness (QED) is 0.0336.